The van der Waals surface area contributed by atoms with Crippen molar-refractivity contribution in [3.8, 4) is 5.75 Å². The van der Waals surface area contributed by atoms with E-state index < -0.39 is 10.0 Å². The van der Waals surface area contributed by atoms with E-state index >= 15 is 0 Å². The molecule has 4 rings (SSSR count). The van der Waals surface area contributed by atoms with Crippen LogP contribution < -0.4 is 14.8 Å². The van der Waals surface area contributed by atoms with E-state index in [-0.39, 0.29) is 28.8 Å². The Kier molecular flexibility index (Phi) is 6.88. The van der Waals surface area contributed by atoms with E-state index in [1.54, 1.807) is 24.3 Å². The highest BCUT2D eigenvalue weighted by Crippen LogP contribution is 2.28. The molecule has 1 saturated heterocycles. The molecule has 0 aromatic heterocycles. The molecule has 2 fully saturated rings. The van der Waals surface area contributed by atoms with Gasteiger partial charge in [-0.15, -0.1) is 0 Å². The van der Waals surface area contributed by atoms with Crippen molar-refractivity contribution in [3.63, 3.8) is 0 Å². The third-order valence-corrected chi connectivity index (χ3v) is 7.74. The van der Waals surface area contributed by atoms with E-state index in [1.807, 2.05) is 4.90 Å². The van der Waals surface area contributed by atoms with Gasteiger partial charge in [0, 0.05) is 30.6 Å². The molecule has 1 heterocycles. The number of hydrogen-bond donors (Lipinski definition) is 2. The van der Waals surface area contributed by atoms with Gasteiger partial charge in [0.1, 0.15) is 5.75 Å². The van der Waals surface area contributed by atoms with E-state index in [4.69, 9.17) is 4.74 Å². The highest BCUT2D eigenvalue weighted by molar-refractivity contribution is 7.92. The number of benzene rings is 2. The van der Waals surface area contributed by atoms with Crippen LogP contribution in [0, 0.1) is 0 Å². The topological polar surface area (TPSA) is 105 Å². The van der Waals surface area contributed by atoms with Gasteiger partial charge in [0.25, 0.3) is 15.9 Å². The zero-order chi connectivity index (χ0) is 23.4. The number of para-hydroxylation sites is 2. The van der Waals surface area contributed by atoms with Gasteiger partial charge in [0.05, 0.1) is 17.7 Å². The van der Waals surface area contributed by atoms with Crippen molar-refractivity contribution >= 4 is 27.5 Å². The number of nitrogens with zero attached hydrogens (tertiary/aromatic N) is 1. The third kappa shape index (κ3) is 5.30. The largest absolute Gasteiger partial charge is 0.495 e. The molecular formula is C24H29N3O5S. The lowest BCUT2D eigenvalue weighted by atomic mass is 9.90. The summed E-state index contributed by atoms with van der Waals surface area (Å²) in [7, 11) is -2.36. The Labute approximate surface area is 194 Å². The number of anilines is 1. The molecule has 0 spiro atoms. The van der Waals surface area contributed by atoms with Gasteiger partial charge >= 0.3 is 0 Å². The van der Waals surface area contributed by atoms with Crippen LogP contribution in [0.15, 0.2) is 53.4 Å². The van der Waals surface area contributed by atoms with Crippen LogP contribution in [0.5, 0.6) is 5.75 Å². The Morgan fingerprint density at radius 2 is 1.73 bits per heavy atom. The lowest BCUT2D eigenvalue weighted by Gasteiger charge is -2.34. The van der Waals surface area contributed by atoms with E-state index in [0.29, 0.717) is 23.4 Å². The number of methoxy groups -OCH3 is 1. The summed E-state index contributed by atoms with van der Waals surface area (Å²) in [5, 5.41) is 3.05. The van der Waals surface area contributed by atoms with Crippen molar-refractivity contribution in [2.45, 2.75) is 55.5 Å². The van der Waals surface area contributed by atoms with Crippen LogP contribution in [0.3, 0.4) is 0 Å². The molecule has 2 amide bonds. The molecule has 0 unspecified atom stereocenters. The maximum atomic E-state index is 12.7. The minimum absolute atomic E-state index is 0.0562. The van der Waals surface area contributed by atoms with Gasteiger partial charge in [-0.2, -0.15) is 0 Å². The molecule has 33 heavy (non-hydrogen) atoms. The van der Waals surface area contributed by atoms with E-state index in [1.165, 1.54) is 31.4 Å². The number of rotatable bonds is 7. The smallest absolute Gasteiger partial charge is 0.262 e. The van der Waals surface area contributed by atoms with Gasteiger partial charge in [-0.05, 0) is 68.5 Å². The number of hydrogen-bond acceptors (Lipinski definition) is 5. The summed E-state index contributed by atoms with van der Waals surface area (Å²) in [6, 6.07) is 13.0. The maximum Gasteiger partial charge on any atom is 0.262 e. The van der Waals surface area contributed by atoms with Gasteiger partial charge in [0.2, 0.25) is 5.91 Å². The second-order valence-corrected chi connectivity index (χ2v) is 10.2. The van der Waals surface area contributed by atoms with Crippen LogP contribution in [0.1, 0.15) is 48.9 Å². The third-order valence-electron chi connectivity index (χ3n) is 6.36. The zero-order valence-corrected chi connectivity index (χ0v) is 19.4. The summed E-state index contributed by atoms with van der Waals surface area (Å²) >= 11 is 0. The van der Waals surface area contributed by atoms with Crippen molar-refractivity contribution < 1.29 is 22.7 Å². The maximum absolute atomic E-state index is 12.7. The van der Waals surface area contributed by atoms with Gasteiger partial charge in [-0.3, -0.25) is 14.3 Å². The second-order valence-electron chi connectivity index (χ2n) is 8.50. The molecule has 176 valence electrons. The molecule has 1 aliphatic heterocycles. The first kappa shape index (κ1) is 23.1. The SMILES string of the molecule is COc1ccccc1NS(=O)(=O)c1ccc(C(=O)NC2CCC(N3CCCC3=O)CC2)cc1. The Morgan fingerprint density at radius 1 is 1.03 bits per heavy atom. The first-order valence-electron chi connectivity index (χ1n) is 11.2. The van der Waals surface area contributed by atoms with E-state index in [0.717, 1.165) is 38.6 Å². The average molecular weight is 472 g/mol. The van der Waals surface area contributed by atoms with Crippen LogP contribution in [-0.4, -0.2) is 50.9 Å². The molecular weight excluding hydrogens is 442 g/mol. The summed E-state index contributed by atoms with van der Waals surface area (Å²) in [5.74, 6) is 0.441. The fourth-order valence-corrected chi connectivity index (χ4v) is 5.64. The quantitative estimate of drug-likeness (QED) is 0.645. The van der Waals surface area contributed by atoms with Crippen molar-refractivity contribution in [1.29, 1.82) is 0 Å². The molecule has 1 aliphatic carbocycles. The minimum atomic E-state index is -3.83. The van der Waals surface area contributed by atoms with Crippen molar-refractivity contribution in [2.75, 3.05) is 18.4 Å². The van der Waals surface area contributed by atoms with Crippen LogP contribution >= 0.6 is 0 Å². The first-order chi connectivity index (χ1) is 15.9. The molecule has 2 N–H and O–H groups in total. The predicted octanol–water partition coefficient (Wildman–Crippen LogP) is 3.16. The molecule has 2 aliphatic rings. The predicted molar refractivity (Wildman–Crippen MR) is 125 cm³/mol. The van der Waals surface area contributed by atoms with Gasteiger partial charge in [0.15, 0.2) is 0 Å². The summed E-state index contributed by atoms with van der Waals surface area (Å²) < 4.78 is 33.2. The van der Waals surface area contributed by atoms with Crippen LogP contribution in [0.2, 0.25) is 0 Å². The van der Waals surface area contributed by atoms with Crippen molar-refractivity contribution in [2.24, 2.45) is 0 Å². The Morgan fingerprint density at radius 3 is 2.36 bits per heavy atom. The number of ether oxygens (including phenoxy) is 1. The van der Waals surface area contributed by atoms with Gasteiger partial charge < -0.3 is 15.0 Å². The van der Waals surface area contributed by atoms with E-state index in [9.17, 15) is 18.0 Å². The molecule has 2 aromatic rings. The van der Waals surface area contributed by atoms with Crippen LogP contribution in [0.4, 0.5) is 5.69 Å². The number of carbonyl (C=O) groups excluding carboxylic acids is 2. The Balaban J connectivity index is 1.34. The molecule has 2 aromatic carbocycles. The fraction of sp³-hybridized carbons (Fsp3) is 0.417. The number of amides is 2. The van der Waals surface area contributed by atoms with Gasteiger partial charge in [-0.25, -0.2) is 8.42 Å². The zero-order valence-electron chi connectivity index (χ0n) is 18.6. The van der Waals surface area contributed by atoms with Crippen LogP contribution in [0.25, 0.3) is 0 Å². The Hall–Kier alpha value is -3.07. The molecule has 0 radical (unpaired) electrons. The molecule has 9 heteroatoms. The lowest BCUT2D eigenvalue weighted by Crippen LogP contribution is -2.44. The number of carbonyl (C=O) groups is 2. The summed E-state index contributed by atoms with van der Waals surface area (Å²) in [6.07, 6.45) is 5.03. The van der Waals surface area contributed by atoms with Crippen molar-refractivity contribution in [3.05, 3.63) is 54.1 Å². The molecule has 8 nitrogen and oxygen atoms in total. The monoisotopic (exact) mass is 471 g/mol. The molecule has 0 bridgehead atoms. The number of nitrogens with one attached hydrogen (secondary N) is 2. The standard InChI is InChI=1S/C24H29N3O5S/c1-32-22-6-3-2-5-21(22)26-33(30,31)20-14-8-17(9-15-20)24(29)25-18-10-12-19(13-11-18)27-16-4-7-23(27)28/h2-3,5-6,8-9,14-15,18-19,26H,4,7,10-13,16H2,1H3,(H,25,29). The second kappa shape index (κ2) is 9.82. The summed E-state index contributed by atoms with van der Waals surface area (Å²) in [6.45, 7) is 0.849. The fourth-order valence-electron chi connectivity index (χ4n) is 4.57. The highest BCUT2D eigenvalue weighted by Gasteiger charge is 2.31. The average Bonchev–Trinajstić information content (AvgIpc) is 3.25. The number of sulfonamides is 1. The first-order valence-corrected chi connectivity index (χ1v) is 12.7. The summed E-state index contributed by atoms with van der Waals surface area (Å²) in [4.78, 5) is 26.7. The van der Waals surface area contributed by atoms with E-state index in [2.05, 4.69) is 10.0 Å². The van der Waals surface area contributed by atoms with Crippen LogP contribution in [-0.2, 0) is 14.8 Å². The highest BCUT2D eigenvalue weighted by atomic mass is 32.2. The Bertz CT molecular complexity index is 1110. The normalized spacial score (nSPS) is 21.0. The van der Waals surface area contributed by atoms with Gasteiger partial charge in [-0.1, -0.05) is 12.1 Å². The lowest BCUT2D eigenvalue weighted by molar-refractivity contribution is -0.130. The number of likely N-dealkylation sites (tertiary alicyclic amines) is 1. The molecule has 0 atom stereocenters. The summed E-state index contributed by atoms with van der Waals surface area (Å²) in [5.41, 5.74) is 0.746. The minimum Gasteiger partial charge on any atom is -0.495 e. The van der Waals surface area contributed by atoms with Crippen molar-refractivity contribution in [1.82, 2.24) is 10.2 Å². The molecule has 1 saturated carbocycles.